The molecule has 0 radical (unpaired) electrons. The minimum Gasteiger partial charge on any atom is -0.310 e. The molecule has 0 aromatic heterocycles. The highest BCUT2D eigenvalue weighted by atomic mass is 19.1. The molecule has 1 aliphatic carbocycles. The van der Waals surface area contributed by atoms with Crippen molar-refractivity contribution in [3.8, 4) is 0 Å². The smallest absolute Gasteiger partial charge is 0.128 e. The van der Waals surface area contributed by atoms with Crippen molar-refractivity contribution in [1.82, 2.24) is 5.32 Å². The van der Waals surface area contributed by atoms with Crippen molar-refractivity contribution in [1.29, 1.82) is 0 Å². The van der Waals surface area contributed by atoms with Gasteiger partial charge in [-0.2, -0.15) is 0 Å². The van der Waals surface area contributed by atoms with Crippen molar-refractivity contribution in [3.05, 3.63) is 34.9 Å². The minimum absolute atomic E-state index is 0.0231. The summed E-state index contributed by atoms with van der Waals surface area (Å²) in [6.07, 6.45) is 3.21. The van der Waals surface area contributed by atoms with E-state index < -0.39 is 0 Å². The zero-order chi connectivity index (χ0) is 12.4. The number of hydrogen-bond acceptors (Lipinski definition) is 1. The minimum atomic E-state index is -0.314. The van der Waals surface area contributed by atoms with Crippen LogP contribution in [0.2, 0.25) is 0 Å². The molecule has 0 amide bonds. The normalized spacial score (nSPS) is 17.2. The summed E-state index contributed by atoms with van der Waals surface area (Å²) in [5, 5.41) is 3.33. The molecule has 1 saturated carbocycles. The summed E-state index contributed by atoms with van der Waals surface area (Å²) in [5.74, 6) is -0.132. The van der Waals surface area contributed by atoms with Crippen molar-refractivity contribution >= 4 is 0 Å². The Balaban J connectivity index is 2.25. The lowest BCUT2D eigenvalue weighted by Gasteiger charge is -2.19. The lowest BCUT2D eigenvalue weighted by Crippen LogP contribution is -2.25. The van der Waals surface area contributed by atoms with E-state index in [1.165, 1.54) is 12.1 Å². The number of nitrogens with one attached hydrogen (secondary N) is 1. The average Bonchev–Trinajstić information content (AvgIpc) is 3.10. The van der Waals surface area contributed by atoms with Crippen LogP contribution in [-0.4, -0.2) is 6.54 Å². The molecule has 1 N–H and O–H groups in total. The Morgan fingerprint density at radius 1 is 1.29 bits per heavy atom. The monoisotopic (exact) mass is 239 g/mol. The highest BCUT2D eigenvalue weighted by molar-refractivity contribution is 5.29. The van der Waals surface area contributed by atoms with E-state index in [4.69, 9.17) is 0 Å². The zero-order valence-electron chi connectivity index (χ0n) is 10.4. The molecule has 1 atom stereocenters. The molecule has 94 valence electrons. The molecular weight excluding hydrogens is 220 g/mol. The van der Waals surface area contributed by atoms with Crippen LogP contribution in [0.4, 0.5) is 8.78 Å². The number of benzene rings is 1. The van der Waals surface area contributed by atoms with Crippen molar-refractivity contribution in [2.45, 2.75) is 39.2 Å². The van der Waals surface area contributed by atoms with Crippen molar-refractivity contribution in [2.24, 2.45) is 5.92 Å². The maximum atomic E-state index is 13.9. The lowest BCUT2D eigenvalue weighted by molar-refractivity contribution is 0.452. The van der Waals surface area contributed by atoms with Gasteiger partial charge in [0.2, 0.25) is 0 Å². The Morgan fingerprint density at radius 3 is 2.59 bits per heavy atom. The second-order valence-corrected chi connectivity index (χ2v) is 4.89. The van der Waals surface area contributed by atoms with Crippen LogP contribution >= 0.6 is 0 Å². The van der Waals surface area contributed by atoms with Gasteiger partial charge >= 0.3 is 0 Å². The first kappa shape index (κ1) is 12.5. The summed E-state index contributed by atoms with van der Waals surface area (Å²) in [4.78, 5) is 0. The standard InChI is InChI=1S/C14H19F2N/c1-3-6-17-14(10-4-5-10)11-8-12(15)9(2)7-13(11)16/h7-8,10,14,17H,3-6H2,1-2H3. The fourth-order valence-electron chi connectivity index (χ4n) is 2.16. The van der Waals surface area contributed by atoms with E-state index in [1.54, 1.807) is 6.92 Å². The van der Waals surface area contributed by atoms with Crippen molar-refractivity contribution in [2.75, 3.05) is 6.54 Å². The van der Waals surface area contributed by atoms with E-state index >= 15 is 0 Å². The lowest BCUT2D eigenvalue weighted by atomic mass is 9.99. The van der Waals surface area contributed by atoms with Gasteiger partial charge in [-0.25, -0.2) is 8.78 Å². The topological polar surface area (TPSA) is 12.0 Å². The van der Waals surface area contributed by atoms with Crippen LogP contribution in [-0.2, 0) is 0 Å². The Morgan fingerprint density at radius 2 is 2.00 bits per heavy atom. The maximum absolute atomic E-state index is 13.9. The second-order valence-electron chi connectivity index (χ2n) is 4.89. The molecule has 0 aliphatic heterocycles. The fraction of sp³-hybridized carbons (Fsp3) is 0.571. The number of aryl methyl sites for hydroxylation is 1. The summed E-state index contributed by atoms with van der Waals surface area (Å²) in [6, 6.07) is 2.63. The first-order valence-electron chi connectivity index (χ1n) is 6.32. The van der Waals surface area contributed by atoms with E-state index in [-0.39, 0.29) is 17.7 Å². The van der Waals surface area contributed by atoms with Crippen LogP contribution < -0.4 is 5.32 Å². The van der Waals surface area contributed by atoms with Gasteiger partial charge in [0.15, 0.2) is 0 Å². The third-order valence-electron chi connectivity index (χ3n) is 3.32. The third-order valence-corrected chi connectivity index (χ3v) is 3.32. The average molecular weight is 239 g/mol. The largest absolute Gasteiger partial charge is 0.310 e. The molecule has 1 aromatic carbocycles. The summed E-state index contributed by atoms with van der Waals surface area (Å²) in [5.41, 5.74) is 0.861. The Labute approximate surface area is 101 Å². The highest BCUT2D eigenvalue weighted by Gasteiger charge is 2.33. The molecule has 0 saturated heterocycles. The van der Waals surface area contributed by atoms with Gasteiger partial charge in [-0.15, -0.1) is 0 Å². The number of rotatable bonds is 5. The van der Waals surface area contributed by atoms with Crippen LogP contribution in [0.1, 0.15) is 43.4 Å². The van der Waals surface area contributed by atoms with E-state index in [2.05, 4.69) is 12.2 Å². The quantitative estimate of drug-likeness (QED) is 0.825. The van der Waals surface area contributed by atoms with Gasteiger partial charge in [0, 0.05) is 11.6 Å². The second kappa shape index (κ2) is 5.13. The molecule has 1 fully saturated rings. The molecule has 1 nitrogen and oxygen atoms in total. The van der Waals surface area contributed by atoms with Gasteiger partial charge in [0.05, 0.1) is 0 Å². The summed E-state index contributed by atoms with van der Waals surface area (Å²) >= 11 is 0. The van der Waals surface area contributed by atoms with Crippen LogP contribution in [0, 0.1) is 24.5 Å². The molecule has 0 spiro atoms. The van der Waals surface area contributed by atoms with Gasteiger partial charge in [-0.1, -0.05) is 6.92 Å². The highest BCUT2D eigenvalue weighted by Crippen LogP contribution is 2.42. The molecule has 0 heterocycles. The Hall–Kier alpha value is -0.960. The first-order chi connectivity index (χ1) is 8.13. The zero-order valence-corrected chi connectivity index (χ0v) is 10.4. The van der Waals surface area contributed by atoms with Gasteiger partial charge in [-0.3, -0.25) is 0 Å². The van der Waals surface area contributed by atoms with E-state index in [1.807, 2.05) is 0 Å². The molecule has 17 heavy (non-hydrogen) atoms. The van der Waals surface area contributed by atoms with Gasteiger partial charge in [-0.05, 0) is 56.3 Å². The molecular formula is C14H19F2N. The predicted molar refractivity (Wildman–Crippen MR) is 64.9 cm³/mol. The van der Waals surface area contributed by atoms with E-state index in [9.17, 15) is 8.78 Å². The summed E-state index contributed by atoms with van der Waals surface area (Å²) in [6.45, 7) is 4.51. The molecule has 1 aliphatic rings. The van der Waals surface area contributed by atoms with Gasteiger partial charge < -0.3 is 5.32 Å². The maximum Gasteiger partial charge on any atom is 0.128 e. The molecule has 0 bridgehead atoms. The number of halogens is 2. The summed E-state index contributed by atoms with van der Waals surface area (Å²) in [7, 11) is 0. The van der Waals surface area contributed by atoms with E-state index in [0.717, 1.165) is 25.8 Å². The molecule has 3 heteroatoms. The van der Waals surface area contributed by atoms with Crippen LogP contribution in [0.5, 0.6) is 0 Å². The van der Waals surface area contributed by atoms with E-state index in [0.29, 0.717) is 17.0 Å². The van der Waals surface area contributed by atoms with Crippen molar-refractivity contribution in [3.63, 3.8) is 0 Å². The fourth-order valence-corrected chi connectivity index (χ4v) is 2.16. The number of hydrogen-bond donors (Lipinski definition) is 1. The Kier molecular flexibility index (Phi) is 3.77. The first-order valence-corrected chi connectivity index (χ1v) is 6.32. The SMILES string of the molecule is CCCNC(c1cc(F)c(C)cc1F)C1CC1. The molecule has 1 aromatic rings. The van der Waals surface area contributed by atoms with Gasteiger partial charge in [0.25, 0.3) is 0 Å². The third kappa shape index (κ3) is 2.83. The molecule has 1 unspecified atom stereocenters. The van der Waals surface area contributed by atoms with Crippen molar-refractivity contribution < 1.29 is 8.78 Å². The van der Waals surface area contributed by atoms with Crippen LogP contribution in [0.15, 0.2) is 12.1 Å². The predicted octanol–water partition coefficient (Wildman–Crippen LogP) is 3.72. The Bertz CT molecular complexity index is 399. The van der Waals surface area contributed by atoms with Gasteiger partial charge in [0.1, 0.15) is 11.6 Å². The van der Waals surface area contributed by atoms with Crippen LogP contribution in [0.25, 0.3) is 0 Å². The molecule has 2 rings (SSSR count). The summed E-state index contributed by atoms with van der Waals surface area (Å²) < 4.78 is 27.4. The van der Waals surface area contributed by atoms with Crippen LogP contribution in [0.3, 0.4) is 0 Å².